The van der Waals surface area contributed by atoms with Crippen molar-refractivity contribution in [3.8, 4) is 0 Å². The van der Waals surface area contributed by atoms with Crippen molar-refractivity contribution in [3.63, 3.8) is 0 Å². The average Bonchev–Trinajstić information content (AvgIpc) is 2.51. The Morgan fingerprint density at radius 1 is 1.26 bits per heavy atom. The molecule has 1 aliphatic heterocycles. The molecule has 1 amide bonds. The average molecular weight is 317 g/mol. The summed E-state index contributed by atoms with van der Waals surface area (Å²) in [5.41, 5.74) is 1.95. The summed E-state index contributed by atoms with van der Waals surface area (Å²) < 4.78 is 5.61. The lowest BCUT2D eigenvalue weighted by molar-refractivity contribution is 0.0529. The number of carbonyl (C=O) groups excluding carboxylic acids is 1. The summed E-state index contributed by atoms with van der Waals surface area (Å²) in [6, 6.07) is 8.54. The molecule has 0 aliphatic carbocycles. The molecule has 3 N–H and O–H groups in total. The monoisotopic (exact) mass is 317 g/mol. The van der Waals surface area contributed by atoms with Gasteiger partial charge in [-0.15, -0.1) is 0 Å². The Bertz CT molecular complexity index is 615. The van der Waals surface area contributed by atoms with Gasteiger partial charge < -0.3 is 10.1 Å². The van der Waals surface area contributed by atoms with Gasteiger partial charge in [-0.3, -0.25) is 10.6 Å². The normalized spacial score (nSPS) is 16.4. The molecule has 1 heterocycles. The van der Waals surface area contributed by atoms with E-state index in [0.29, 0.717) is 0 Å². The lowest BCUT2D eigenvalue weighted by Gasteiger charge is -2.45. The summed E-state index contributed by atoms with van der Waals surface area (Å²) in [6.07, 6.45) is 1.49. The van der Waals surface area contributed by atoms with Crippen molar-refractivity contribution in [2.24, 2.45) is 0 Å². The van der Waals surface area contributed by atoms with Gasteiger partial charge in [-0.25, -0.2) is 9.69 Å². The van der Waals surface area contributed by atoms with E-state index in [2.05, 4.69) is 22.0 Å². The highest BCUT2D eigenvalue weighted by Crippen LogP contribution is 2.36. The molecule has 6 nitrogen and oxygen atoms in total. The number of rotatable bonds is 3. The van der Waals surface area contributed by atoms with Crippen LogP contribution >= 0.6 is 0 Å². The minimum Gasteiger partial charge on any atom is -0.443 e. The van der Waals surface area contributed by atoms with E-state index in [4.69, 9.17) is 4.74 Å². The van der Waals surface area contributed by atoms with Gasteiger partial charge in [0.2, 0.25) is 0 Å². The SMILES string of the molecule is CNC1=CC(NC)(NC)N(C(=O)OC(C)(C)C)c2cc[c]cc21. The van der Waals surface area contributed by atoms with E-state index in [1.54, 1.807) is 25.1 Å². The number of nitrogens with one attached hydrogen (secondary N) is 3. The molecular weight excluding hydrogens is 292 g/mol. The van der Waals surface area contributed by atoms with Crippen LogP contribution in [0.4, 0.5) is 10.5 Å². The highest BCUT2D eigenvalue weighted by atomic mass is 16.6. The predicted octanol–water partition coefficient (Wildman–Crippen LogP) is 1.89. The summed E-state index contributed by atoms with van der Waals surface area (Å²) in [6.45, 7) is 5.55. The van der Waals surface area contributed by atoms with Crippen molar-refractivity contribution >= 4 is 17.5 Å². The van der Waals surface area contributed by atoms with Crippen molar-refractivity contribution in [1.82, 2.24) is 16.0 Å². The third-order valence-electron chi connectivity index (χ3n) is 3.69. The summed E-state index contributed by atoms with van der Waals surface area (Å²) >= 11 is 0. The van der Waals surface area contributed by atoms with Gasteiger partial charge in [-0.05, 0) is 59.1 Å². The molecule has 0 atom stereocenters. The highest BCUT2D eigenvalue weighted by Gasteiger charge is 2.43. The van der Waals surface area contributed by atoms with E-state index < -0.39 is 17.5 Å². The lowest BCUT2D eigenvalue weighted by atomic mass is 10.00. The molecule has 0 unspecified atom stereocenters. The fourth-order valence-electron chi connectivity index (χ4n) is 2.62. The van der Waals surface area contributed by atoms with E-state index in [1.165, 1.54) is 0 Å². The summed E-state index contributed by atoms with van der Waals surface area (Å²) in [5, 5.41) is 9.53. The third kappa shape index (κ3) is 3.18. The fraction of sp³-hybridized carbons (Fsp3) is 0.471. The molecule has 1 aliphatic rings. The summed E-state index contributed by atoms with van der Waals surface area (Å²) in [7, 11) is 5.43. The van der Waals surface area contributed by atoms with Crippen LogP contribution in [-0.2, 0) is 4.74 Å². The maximum atomic E-state index is 12.9. The molecule has 1 aromatic carbocycles. The number of anilines is 1. The van der Waals surface area contributed by atoms with Crippen LogP contribution in [-0.4, -0.2) is 38.6 Å². The molecule has 23 heavy (non-hydrogen) atoms. The molecule has 6 heteroatoms. The molecule has 0 saturated heterocycles. The summed E-state index contributed by atoms with van der Waals surface area (Å²) in [5.74, 6) is -0.894. The molecule has 0 fully saturated rings. The van der Waals surface area contributed by atoms with Gasteiger partial charge in [-0.2, -0.15) is 0 Å². The van der Waals surface area contributed by atoms with Crippen LogP contribution in [0.25, 0.3) is 5.70 Å². The first kappa shape index (κ1) is 17.3. The smallest absolute Gasteiger partial charge is 0.417 e. The maximum Gasteiger partial charge on any atom is 0.417 e. The second-order valence-electron chi connectivity index (χ2n) is 6.33. The van der Waals surface area contributed by atoms with E-state index >= 15 is 0 Å². The van der Waals surface area contributed by atoms with Crippen molar-refractivity contribution in [2.75, 3.05) is 26.0 Å². The molecule has 125 valence electrons. The Kier molecular flexibility index (Phi) is 4.68. The van der Waals surface area contributed by atoms with Gasteiger partial charge in [0.05, 0.1) is 5.69 Å². The zero-order valence-corrected chi connectivity index (χ0v) is 14.6. The van der Waals surface area contributed by atoms with E-state index in [9.17, 15) is 4.79 Å². The number of carbonyl (C=O) groups is 1. The maximum absolute atomic E-state index is 12.9. The van der Waals surface area contributed by atoms with Gasteiger partial charge >= 0.3 is 6.09 Å². The Labute approximate surface area is 137 Å². The number of nitrogens with zero attached hydrogens (tertiary/aromatic N) is 1. The number of hydrogen-bond acceptors (Lipinski definition) is 5. The molecular formula is C17H25N4O2. The zero-order valence-electron chi connectivity index (χ0n) is 14.6. The van der Waals surface area contributed by atoms with Gasteiger partial charge in [-0.1, -0.05) is 6.07 Å². The first-order chi connectivity index (χ1) is 10.8. The quantitative estimate of drug-likeness (QED) is 0.743. The van der Waals surface area contributed by atoms with Gasteiger partial charge in [0.15, 0.2) is 5.79 Å². The Hall–Kier alpha value is -2.05. The highest BCUT2D eigenvalue weighted by molar-refractivity contribution is 5.96. The number of likely N-dealkylation sites (N-methyl/N-ethyl adjacent to an activating group) is 2. The number of benzene rings is 1. The van der Waals surface area contributed by atoms with Crippen molar-refractivity contribution < 1.29 is 9.53 Å². The van der Waals surface area contributed by atoms with Crippen LogP contribution in [0.2, 0.25) is 0 Å². The lowest BCUT2D eigenvalue weighted by Crippen LogP contribution is -2.68. The zero-order chi connectivity index (χ0) is 17.3. The van der Waals surface area contributed by atoms with Crippen LogP contribution < -0.4 is 20.9 Å². The predicted molar refractivity (Wildman–Crippen MR) is 91.9 cm³/mol. The largest absolute Gasteiger partial charge is 0.443 e. The van der Waals surface area contributed by atoms with E-state index in [1.807, 2.05) is 46.0 Å². The Morgan fingerprint density at radius 3 is 2.43 bits per heavy atom. The van der Waals surface area contributed by atoms with Gasteiger partial charge in [0, 0.05) is 18.3 Å². The Morgan fingerprint density at radius 2 is 1.91 bits per heavy atom. The first-order valence-corrected chi connectivity index (χ1v) is 7.60. The van der Waals surface area contributed by atoms with Crippen LogP contribution in [0.15, 0.2) is 24.3 Å². The summed E-state index contributed by atoms with van der Waals surface area (Å²) in [4.78, 5) is 14.5. The van der Waals surface area contributed by atoms with Crippen LogP contribution in [0.3, 0.4) is 0 Å². The standard InChI is InChI=1S/C17H25N4O2/c1-16(2,3)23-15(22)21-14-10-8-7-9-12(14)13(18-4)11-17(21,19-5)20-6/h8-11,18-20H,1-6H3. The topological polar surface area (TPSA) is 65.6 Å². The molecule has 0 aromatic heterocycles. The third-order valence-corrected chi connectivity index (χ3v) is 3.69. The molecule has 1 aromatic rings. The van der Waals surface area contributed by atoms with Crippen LogP contribution in [0, 0.1) is 6.07 Å². The molecule has 0 saturated carbocycles. The van der Waals surface area contributed by atoms with Crippen molar-refractivity contribution in [3.05, 3.63) is 35.9 Å². The number of fused-ring (bicyclic) bond motifs is 1. The van der Waals surface area contributed by atoms with Gasteiger partial charge in [0.25, 0.3) is 0 Å². The van der Waals surface area contributed by atoms with E-state index in [0.717, 1.165) is 16.9 Å². The van der Waals surface area contributed by atoms with Crippen LogP contribution in [0.1, 0.15) is 26.3 Å². The van der Waals surface area contributed by atoms with Crippen molar-refractivity contribution in [2.45, 2.75) is 32.2 Å². The number of ether oxygens (including phenoxy) is 1. The first-order valence-electron chi connectivity index (χ1n) is 7.60. The Balaban J connectivity index is 2.60. The molecule has 0 spiro atoms. The number of hydrogen-bond donors (Lipinski definition) is 3. The molecule has 2 rings (SSSR count). The van der Waals surface area contributed by atoms with Crippen molar-refractivity contribution in [1.29, 1.82) is 0 Å². The van der Waals surface area contributed by atoms with Gasteiger partial charge in [0.1, 0.15) is 5.60 Å². The minimum atomic E-state index is -0.894. The fourth-order valence-corrected chi connectivity index (χ4v) is 2.62. The van der Waals surface area contributed by atoms with E-state index in [-0.39, 0.29) is 0 Å². The second kappa shape index (κ2) is 6.22. The van der Waals surface area contributed by atoms with Crippen LogP contribution in [0.5, 0.6) is 0 Å². The molecule has 0 bridgehead atoms. The minimum absolute atomic E-state index is 0.431. The molecule has 1 radical (unpaired) electrons. The number of amides is 1. The second-order valence-corrected chi connectivity index (χ2v) is 6.33.